The summed E-state index contributed by atoms with van der Waals surface area (Å²) in [5, 5.41) is 15.0. The molecule has 1 spiro atoms. The van der Waals surface area contributed by atoms with Crippen LogP contribution in [0.1, 0.15) is 22.3 Å². The van der Waals surface area contributed by atoms with Gasteiger partial charge >= 0.3 is 0 Å². The van der Waals surface area contributed by atoms with Gasteiger partial charge in [0.25, 0.3) is 0 Å². The Balaban J connectivity index is 0.934. The number of benzene rings is 15. The van der Waals surface area contributed by atoms with Crippen LogP contribution in [0.25, 0.3) is 154 Å². The van der Waals surface area contributed by atoms with Gasteiger partial charge in [0.05, 0.1) is 27.5 Å². The molecule has 17 aromatic rings. The van der Waals surface area contributed by atoms with Crippen molar-refractivity contribution in [3.63, 3.8) is 0 Å². The second-order valence-corrected chi connectivity index (χ2v) is 23.3. The lowest BCUT2D eigenvalue weighted by Crippen LogP contribution is -2.26. The van der Waals surface area contributed by atoms with Gasteiger partial charge in [0.15, 0.2) is 0 Å². The molecule has 1 atom stereocenters. The Hall–Kier alpha value is -11.1. The second kappa shape index (κ2) is 17.5. The standard InChI is InChI=1S/C83H50N2/c1-3-22-53(23-4-1)84-75-42-17-13-28-59(75)61-46-44-51(48-77(61)84)55-34-19-36-64-70(55)50-71-56(52-45-47-62-60-29-14-18-43-76(60)85(78(62)49-52)54-24-5-2-6-25-54)35-20-37-65(71)79(64)69-38-21-41-74-80(69)67-32-11-15-39-72(67)83(74)73-40-16-12-33-68(73)81-63-30-9-7-26-57(63)58-27-8-10-31-66(58)82(81)83/h1-50H. The van der Waals surface area contributed by atoms with E-state index in [1.165, 1.54) is 165 Å². The normalized spacial score (nSPS) is 14.2. The average molecular weight is 1080 g/mol. The summed E-state index contributed by atoms with van der Waals surface area (Å²) in [7, 11) is 0. The summed E-state index contributed by atoms with van der Waals surface area (Å²) in [6.07, 6.45) is 0. The summed E-state index contributed by atoms with van der Waals surface area (Å²) >= 11 is 0. The summed E-state index contributed by atoms with van der Waals surface area (Å²) in [6, 6.07) is 114. The first kappa shape index (κ1) is 46.5. The summed E-state index contributed by atoms with van der Waals surface area (Å²) in [4.78, 5) is 0. The van der Waals surface area contributed by atoms with Gasteiger partial charge in [-0.15, -0.1) is 0 Å². The fourth-order valence-corrected chi connectivity index (χ4v) is 16.0. The first-order valence-corrected chi connectivity index (χ1v) is 29.7. The molecule has 0 bridgehead atoms. The minimum Gasteiger partial charge on any atom is -0.309 e. The van der Waals surface area contributed by atoms with Crippen LogP contribution in [-0.2, 0) is 5.41 Å². The zero-order valence-corrected chi connectivity index (χ0v) is 46.3. The van der Waals surface area contributed by atoms with Crippen LogP contribution in [-0.4, -0.2) is 9.13 Å². The van der Waals surface area contributed by atoms with E-state index in [1.807, 2.05) is 0 Å². The van der Waals surface area contributed by atoms with Crippen LogP contribution in [0.15, 0.2) is 303 Å². The lowest BCUT2D eigenvalue weighted by atomic mass is 9.69. The van der Waals surface area contributed by atoms with E-state index in [0.29, 0.717) is 0 Å². The summed E-state index contributed by atoms with van der Waals surface area (Å²) in [6.45, 7) is 0. The molecule has 15 aromatic carbocycles. The Labute approximate surface area is 491 Å². The molecule has 0 aliphatic heterocycles. The molecule has 19 rings (SSSR count). The van der Waals surface area contributed by atoms with Crippen molar-refractivity contribution in [2.75, 3.05) is 0 Å². The molecule has 0 saturated heterocycles. The number of para-hydroxylation sites is 4. The van der Waals surface area contributed by atoms with E-state index >= 15 is 0 Å². The van der Waals surface area contributed by atoms with Gasteiger partial charge in [-0.05, 0) is 176 Å². The lowest BCUT2D eigenvalue weighted by molar-refractivity contribution is 0.802. The lowest BCUT2D eigenvalue weighted by Gasteiger charge is -2.32. The molecule has 2 aliphatic rings. The summed E-state index contributed by atoms with van der Waals surface area (Å²) in [5.74, 6) is 0. The highest BCUT2D eigenvalue weighted by atomic mass is 15.0. The summed E-state index contributed by atoms with van der Waals surface area (Å²) < 4.78 is 4.88. The van der Waals surface area contributed by atoms with E-state index in [0.717, 1.165) is 11.4 Å². The molecule has 392 valence electrons. The molecule has 0 radical (unpaired) electrons. The molecule has 0 N–H and O–H groups in total. The van der Waals surface area contributed by atoms with Gasteiger partial charge in [-0.1, -0.05) is 249 Å². The molecule has 0 saturated carbocycles. The van der Waals surface area contributed by atoms with E-state index in [-0.39, 0.29) is 0 Å². The maximum atomic E-state index is 2.52. The Kier molecular flexibility index (Phi) is 9.57. The molecule has 2 aromatic heterocycles. The van der Waals surface area contributed by atoms with Gasteiger partial charge in [0, 0.05) is 32.9 Å². The highest BCUT2D eigenvalue weighted by Crippen LogP contribution is 2.67. The minimum absolute atomic E-state index is 0.590. The number of nitrogens with zero attached hydrogens (tertiary/aromatic N) is 2. The van der Waals surface area contributed by atoms with Crippen LogP contribution in [0.4, 0.5) is 0 Å². The maximum absolute atomic E-state index is 2.52. The molecule has 2 aliphatic carbocycles. The van der Waals surface area contributed by atoms with E-state index in [2.05, 4.69) is 312 Å². The van der Waals surface area contributed by atoms with Crippen LogP contribution in [0.2, 0.25) is 0 Å². The van der Waals surface area contributed by atoms with Crippen LogP contribution in [0, 0.1) is 0 Å². The fraction of sp³-hybridized carbons (Fsp3) is 0.0120. The van der Waals surface area contributed by atoms with E-state index < -0.39 is 5.41 Å². The van der Waals surface area contributed by atoms with Crippen molar-refractivity contribution >= 4 is 86.7 Å². The molecule has 85 heavy (non-hydrogen) atoms. The van der Waals surface area contributed by atoms with Gasteiger partial charge < -0.3 is 9.13 Å². The highest BCUT2D eigenvalue weighted by Gasteiger charge is 2.53. The zero-order valence-electron chi connectivity index (χ0n) is 46.3. The second-order valence-electron chi connectivity index (χ2n) is 23.3. The van der Waals surface area contributed by atoms with Crippen molar-refractivity contribution in [3.05, 3.63) is 326 Å². The number of aromatic nitrogens is 2. The fourth-order valence-electron chi connectivity index (χ4n) is 16.0. The van der Waals surface area contributed by atoms with Gasteiger partial charge in [-0.3, -0.25) is 0 Å². The Morgan fingerprint density at radius 1 is 0.200 bits per heavy atom. The van der Waals surface area contributed by atoms with E-state index in [1.54, 1.807) is 0 Å². The number of hydrogen-bond donors (Lipinski definition) is 0. The molecule has 1 unspecified atom stereocenters. The molecule has 2 heteroatoms. The SMILES string of the molecule is c1ccc(-n2c3ccccc3c3ccc(-c4cccc5c(-c6cccc7c6-c6ccccc6C76c7ccccc7-c7c6c6ccccc6c6ccccc76)c6cccc(-c7ccc8c9ccccc9n(-c9ccccc9)c8c7)c6cc45)cc32)cc1. The Morgan fingerprint density at radius 2 is 0.576 bits per heavy atom. The molecule has 2 nitrogen and oxygen atoms in total. The van der Waals surface area contributed by atoms with Crippen LogP contribution >= 0.6 is 0 Å². The number of hydrogen-bond acceptors (Lipinski definition) is 0. The largest absolute Gasteiger partial charge is 0.309 e. The predicted octanol–water partition coefficient (Wildman–Crippen LogP) is 21.8. The van der Waals surface area contributed by atoms with E-state index in [4.69, 9.17) is 0 Å². The van der Waals surface area contributed by atoms with Crippen molar-refractivity contribution < 1.29 is 0 Å². The Bertz CT molecular complexity index is 5510. The third kappa shape index (κ3) is 6.22. The van der Waals surface area contributed by atoms with E-state index in [9.17, 15) is 0 Å². The van der Waals surface area contributed by atoms with Crippen molar-refractivity contribution in [2.24, 2.45) is 0 Å². The molecular formula is C83H50N2. The first-order chi connectivity index (χ1) is 42.2. The number of fused-ring (bicyclic) bond motifs is 23. The van der Waals surface area contributed by atoms with Crippen molar-refractivity contribution in [3.8, 4) is 67.0 Å². The van der Waals surface area contributed by atoms with Crippen molar-refractivity contribution in [2.45, 2.75) is 5.41 Å². The molecule has 0 fully saturated rings. The van der Waals surface area contributed by atoms with Gasteiger partial charge in [-0.2, -0.15) is 0 Å². The number of rotatable bonds is 5. The molecule has 2 heterocycles. The third-order valence-corrected chi connectivity index (χ3v) is 19.3. The van der Waals surface area contributed by atoms with Crippen molar-refractivity contribution in [1.82, 2.24) is 9.13 Å². The topological polar surface area (TPSA) is 9.86 Å². The maximum Gasteiger partial charge on any atom is 0.0731 e. The average Bonchev–Trinajstić information content (AvgIpc) is 1.59. The first-order valence-electron chi connectivity index (χ1n) is 29.7. The van der Waals surface area contributed by atoms with Gasteiger partial charge in [-0.25, -0.2) is 0 Å². The molecular weight excluding hydrogens is 1020 g/mol. The molecule has 0 amide bonds. The van der Waals surface area contributed by atoms with Gasteiger partial charge in [0.1, 0.15) is 0 Å². The van der Waals surface area contributed by atoms with Crippen LogP contribution in [0.3, 0.4) is 0 Å². The van der Waals surface area contributed by atoms with Crippen LogP contribution < -0.4 is 0 Å². The van der Waals surface area contributed by atoms with Crippen molar-refractivity contribution in [1.29, 1.82) is 0 Å². The third-order valence-electron chi connectivity index (χ3n) is 19.3. The predicted molar refractivity (Wildman–Crippen MR) is 358 cm³/mol. The quantitative estimate of drug-likeness (QED) is 0.120. The smallest absolute Gasteiger partial charge is 0.0731 e. The zero-order chi connectivity index (χ0) is 55.5. The van der Waals surface area contributed by atoms with Crippen LogP contribution in [0.5, 0.6) is 0 Å². The monoisotopic (exact) mass is 1070 g/mol. The minimum atomic E-state index is -0.590. The van der Waals surface area contributed by atoms with Gasteiger partial charge in [0.2, 0.25) is 0 Å². The summed E-state index contributed by atoms with van der Waals surface area (Å²) in [5.41, 5.74) is 24.3. The Morgan fingerprint density at radius 3 is 1.14 bits per heavy atom. The highest BCUT2D eigenvalue weighted by molar-refractivity contribution is 6.24.